The van der Waals surface area contributed by atoms with E-state index in [1.54, 1.807) is 25.1 Å². The first kappa shape index (κ1) is 19.7. The number of carboxylic acid groups (broad SMARTS) is 1. The Bertz CT molecular complexity index is 979. The largest absolute Gasteiger partial charge is 0.479 e. The van der Waals surface area contributed by atoms with Crippen LogP contribution >= 0.6 is 0 Å². The highest BCUT2D eigenvalue weighted by Gasteiger charge is 2.24. The van der Waals surface area contributed by atoms with E-state index in [-0.39, 0.29) is 10.5 Å². The van der Waals surface area contributed by atoms with Gasteiger partial charge in [0.2, 0.25) is 0 Å². The van der Waals surface area contributed by atoms with Crippen LogP contribution in [0, 0.1) is 20.8 Å². The average molecular weight is 375 g/mol. The summed E-state index contributed by atoms with van der Waals surface area (Å²) in [6.45, 7) is 5.40. The molecule has 0 radical (unpaired) electrons. The van der Waals surface area contributed by atoms with E-state index < -0.39 is 27.8 Å². The van der Waals surface area contributed by atoms with Gasteiger partial charge in [-0.3, -0.25) is 4.79 Å². The summed E-state index contributed by atoms with van der Waals surface area (Å²) in [5, 5.41) is 12.0. The zero-order chi connectivity index (χ0) is 19.6. The van der Waals surface area contributed by atoms with Gasteiger partial charge in [-0.25, -0.2) is 13.2 Å². The fraction of sp³-hybridized carbons (Fsp3) is 0.263. The molecule has 2 aromatic carbocycles. The molecule has 2 aromatic rings. The quantitative estimate of drug-likeness (QED) is 0.836. The summed E-state index contributed by atoms with van der Waals surface area (Å²) in [5.74, 6) is -1.85. The lowest BCUT2D eigenvalue weighted by molar-refractivity contribution is -0.139. The molecule has 1 amide bonds. The van der Waals surface area contributed by atoms with Crippen molar-refractivity contribution in [3.63, 3.8) is 0 Å². The molecule has 0 aromatic heterocycles. The van der Waals surface area contributed by atoms with Crippen LogP contribution in [-0.2, 0) is 14.6 Å². The third kappa shape index (κ3) is 4.29. The van der Waals surface area contributed by atoms with Gasteiger partial charge in [0, 0.05) is 11.8 Å². The monoisotopic (exact) mass is 375 g/mol. The van der Waals surface area contributed by atoms with Crippen molar-refractivity contribution in [3.05, 3.63) is 64.2 Å². The Hall–Kier alpha value is -2.67. The van der Waals surface area contributed by atoms with Gasteiger partial charge in [0.25, 0.3) is 5.91 Å². The van der Waals surface area contributed by atoms with Gasteiger partial charge in [-0.05, 0) is 55.2 Å². The molecule has 2 rings (SSSR count). The molecular formula is C19H21NO5S. The van der Waals surface area contributed by atoms with Crippen molar-refractivity contribution in [2.45, 2.75) is 31.7 Å². The number of rotatable bonds is 5. The Balaban J connectivity index is 2.37. The average Bonchev–Trinajstić information content (AvgIpc) is 2.54. The summed E-state index contributed by atoms with van der Waals surface area (Å²) in [4.78, 5) is 24.2. The number of carbonyl (C=O) groups is 2. The SMILES string of the molecule is Cc1ccc(C(NC(=O)c2ccc(C)c(S(C)(=O)=O)c2)C(=O)O)cc1C. The molecule has 7 heteroatoms. The molecule has 26 heavy (non-hydrogen) atoms. The van der Waals surface area contributed by atoms with Gasteiger partial charge in [0.15, 0.2) is 15.9 Å². The Kier molecular flexibility index (Phi) is 5.51. The summed E-state index contributed by atoms with van der Waals surface area (Å²) >= 11 is 0. The Labute approximate surface area is 152 Å². The van der Waals surface area contributed by atoms with Gasteiger partial charge in [-0.1, -0.05) is 24.3 Å². The minimum Gasteiger partial charge on any atom is -0.479 e. The maximum absolute atomic E-state index is 12.5. The molecule has 0 aliphatic rings. The number of hydrogen-bond donors (Lipinski definition) is 2. The summed E-state index contributed by atoms with van der Waals surface area (Å²) in [5.41, 5.74) is 2.99. The van der Waals surface area contributed by atoms with Crippen LogP contribution < -0.4 is 5.32 Å². The first-order chi connectivity index (χ1) is 12.0. The number of aryl methyl sites for hydroxylation is 3. The third-order valence-electron chi connectivity index (χ3n) is 4.24. The minimum atomic E-state index is -3.49. The van der Waals surface area contributed by atoms with Crippen molar-refractivity contribution < 1.29 is 23.1 Å². The normalized spacial score (nSPS) is 12.5. The first-order valence-electron chi connectivity index (χ1n) is 7.92. The second-order valence-electron chi connectivity index (χ2n) is 6.34. The molecule has 0 saturated heterocycles. The van der Waals surface area contributed by atoms with E-state index in [1.165, 1.54) is 18.2 Å². The third-order valence-corrected chi connectivity index (χ3v) is 5.48. The van der Waals surface area contributed by atoms with Gasteiger partial charge in [-0.2, -0.15) is 0 Å². The number of sulfone groups is 1. The van der Waals surface area contributed by atoms with Gasteiger partial charge in [0.05, 0.1) is 4.90 Å². The molecule has 1 atom stereocenters. The standard InChI is InChI=1S/C19H21NO5S/c1-11-5-7-14(9-13(11)3)17(19(22)23)20-18(21)15-8-6-12(2)16(10-15)26(4,24)25/h5-10,17H,1-4H3,(H,20,21)(H,22,23). The fourth-order valence-electron chi connectivity index (χ4n) is 2.59. The summed E-state index contributed by atoms with van der Waals surface area (Å²) in [6.07, 6.45) is 1.06. The predicted molar refractivity (Wildman–Crippen MR) is 98.0 cm³/mol. The van der Waals surface area contributed by atoms with Crippen molar-refractivity contribution in [1.82, 2.24) is 5.32 Å². The Morgan fingerprint density at radius 1 is 0.962 bits per heavy atom. The molecular weight excluding hydrogens is 354 g/mol. The number of nitrogens with one attached hydrogen (secondary N) is 1. The van der Waals surface area contributed by atoms with Crippen LogP contribution in [-0.4, -0.2) is 31.7 Å². The van der Waals surface area contributed by atoms with E-state index in [0.29, 0.717) is 11.1 Å². The molecule has 2 N–H and O–H groups in total. The van der Waals surface area contributed by atoms with Crippen LogP contribution in [0.2, 0.25) is 0 Å². The molecule has 0 aliphatic carbocycles. The summed E-state index contributed by atoms with van der Waals surface area (Å²) in [6, 6.07) is 8.18. The first-order valence-corrected chi connectivity index (χ1v) is 9.81. The predicted octanol–water partition coefficient (Wildman–Crippen LogP) is 2.57. The maximum atomic E-state index is 12.5. The molecule has 6 nitrogen and oxygen atoms in total. The second-order valence-corrected chi connectivity index (χ2v) is 8.33. The smallest absolute Gasteiger partial charge is 0.330 e. The lowest BCUT2D eigenvalue weighted by Crippen LogP contribution is -2.34. The van der Waals surface area contributed by atoms with E-state index in [9.17, 15) is 23.1 Å². The van der Waals surface area contributed by atoms with Crippen molar-refractivity contribution in [3.8, 4) is 0 Å². The van der Waals surface area contributed by atoms with Crippen LogP contribution in [0.1, 0.15) is 38.7 Å². The molecule has 1 unspecified atom stereocenters. The van der Waals surface area contributed by atoms with E-state index in [0.717, 1.165) is 17.4 Å². The van der Waals surface area contributed by atoms with Crippen molar-refractivity contribution >= 4 is 21.7 Å². The highest BCUT2D eigenvalue weighted by molar-refractivity contribution is 7.90. The number of carboxylic acids is 1. The molecule has 0 saturated carbocycles. The van der Waals surface area contributed by atoms with Crippen LogP contribution in [0.4, 0.5) is 0 Å². The summed E-state index contributed by atoms with van der Waals surface area (Å²) in [7, 11) is -3.49. The fourth-order valence-corrected chi connectivity index (χ4v) is 3.58. The van der Waals surface area contributed by atoms with E-state index in [2.05, 4.69) is 5.32 Å². The summed E-state index contributed by atoms with van der Waals surface area (Å²) < 4.78 is 23.6. The number of aliphatic carboxylic acids is 1. The molecule has 0 fully saturated rings. The highest BCUT2D eigenvalue weighted by Crippen LogP contribution is 2.20. The van der Waals surface area contributed by atoms with Crippen molar-refractivity contribution in [2.24, 2.45) is 0 Å². The number of amides is 1. The highest BCUT2D eigenvalue weighted by atomic mass is 32.2. The molecule has 138 valence electrons. The van der Waals surface area contributed by atoms with E-state index >= 15 is 0 Å². The van der Waals surface area contributed by atoms with Crippen LogP contribution in [0.3, 0.4) is 0 Å². The zero-order valence-corrected chi connectivity index (χ0v) is 15.8. The lowest BCUT2D eigenvalue weighted by atomic mass is 10.0. The van der Waals surface area contributed by atoms with Gasteiger partial charge in [0.1, 0.15) is 0 Å². The minimum absolute atomic E-state index is 0.0446. The Morgan fingerprint density at radius 2 is 1.58 bits per heavy atom. The van der Waals surface area contributed by atoms with Crippen molar-refractivity contribution in [2.75, 3.05) is 6.26 Å². The molecule has 0 heterocycles. The van der Waals surface area contributed by atoms with Gasteiger partial charge < -0.3 is 10.4 Å². The Morgan fingerprint density at radius 3 is 2.12 bits per heavy atom. The second kappa shape index (κ2) is 7.29. The maximum Gasteiger partial charge on any atom is 0.330 e. The van der Waals surface area contributed by atoms with Gasteiger partial charge in [-0.15, -0.1) is 0 Å². The van der Waals surface area contributed by atoms with E-state index in [4.69, 9.17) is 0 Å². The van der Waals surface area contributed by atoms with Gasteiger partial charge >= 0.3 is 5.97 Å². The molecule has 0 bridgehead atoms. The number of benzene rings is 2. The number of carbonyl (C=O) groups excluding carboxylic acids is 1. The van der Waals surface area contributed by atoms with Crippen LogP contribution in [0.25, 0.3) is 0 Å². The molecule has 0 aliphatic heterocycles. The topological polar surface area (TPSA) is 101 Å². The van der Waals surface area contributed by atoms with Crippen molar-refractivity contribution in [1.29, 1.82) is 0 Å². The van der Waals surface area contributed by atoms with E-state index in [1.807, 2.05) is 13.8 Å². The lowest BCUT2D eigenvalue weighted by Gasteiger charge is -2.17. The van der Waals surface area contributed by atoms with Crippen LogP contribution in [0.5, 0.6) is 0 Å². The zero-order valence-electron chi connectivity index (χ0n) is 15.0. The molecule has 0 spiro atoms. The number of hydrogen-bond acceptors (Lipinski definition) is 4. The van der Waals surface area contributed by atoms with Crippen LogP contribution in [0.15, 0.2) is 41.3 Å².